The number of carbonyl (C=O) groups excluding carboxylic acids is 2. The molecule has 3 rings (SSSR count). The Balaban J connectivity index is 1.40. The van der Waals surface area contributed by atoms with Crippen molar-refractivity contribution in [3.8, 4) is 0 Å². The molecule has 1 aromatic rings. The number of sulfone groups is 1. The minimum Gasteiger partial charge on any atom is -0.351 e. The molecule has 11 heteroatoms. The summed E-state index contributed by atoms with van der Waals surface area (Å²) in [6.07, 6.45) is 3.08. The lowest BCUT2D eigenvalue weighted by molar-refractivity contribution is -0.131. The van der Waals surface area contributed by atoms with Crippen LogP contribution in [0.25, 0.3) is 0 Å². The summed E-state index contributed by atoms with van der Waals surface area (Å²) < 4.78 is 50.4. The monoisotopic (exact) mass is 485 g/mol. The van der Waals surface area contributed by atoms with Crippen LogP contribution in [0.4, 0.5) is 0 Å². The molecule has 0 spiro atoms. The quantitative estimate of drug-likeness (QED) is 0.492. The molecule has 3 N–H and O–H groups in total. The van der Waals surface area contributed by atoms with E-state index in [2.05, 4.69) is 15.4 Å². The number of hydrogen-bond acceptors (Lipinski definition) is 6. The number of hydrogen-bond donors (Lipinski definition) is 3. The van der Waals surface area contributed by atoms with Crippen LogP contribution in [-0.2, 0) is 29.4 Å². The molecule has 1 saturated carbocycles. The number of nitrogens with one attached hydrogen (secondary N) is 3. The van der Waals surface area contributed by atoms with Crippen molar-refractivity contribution in [1.82, 2.24) is 15.4 Å². The van der Waals surface area contributed by atoms with Crippen LogP contribution in [0.2, 0.25) is 0 Å². The number of amides is 2. The van der Waals surface area contributed by atoms with Gasteiger partial charge in [-0.25, -0.2) is 21.6 Å². The van der Waals surface area contributed by atoms with Gasteiger partial charge in [-0.1, -0.05) is 18.2 Å². The molecule has 9 nitrogen and oxygen atoms in total. The fourth-order valence-corrected chi connectivity index (χ4v) is 6.98. The SMILES string of the molecule is C[C@H](NC(=O)C1CCC(CNS(=O)(=O)c2ccccc2)CC1)C(=O)N[C@@H]1CCS(=O)(=O)C1. The average Bonchev–Trinajstić information content (AvgIpc) is 3.11. The van der Waals surface area contributed by atoms with Crippen LogP contribution in [0.3, 0.4) is 0 Å². The van der Waals surface area contributed by atoms with Crippen molar-refractivity contribution >= 4 is 31.7 Å². The van der Waals surface area contributed by atoms with E-state index in [0.29, 0.717) is 25.8 Å². The zero-order valence-electron chi connectivity index (χ0n) is 18.1. The zero-order valence-corrected chi connectivity index (χ0v) is 19.8. The minimum absolute atomic E-state index is 0.0581. The molecule has 0 unspecified atom stereocenters. The molecule has 1 saturated heterocycles. The Labute approximate surface area is 189 Å². The summed E-state index contributed by atoms with van der Waals surface area (Å²) in [6.45, 7) is 1.91. The maximum absolute atomic E-state index is 12.6. The van der Waals surface area contributed by atoms with Crippen LogP contribution in [0, 0.1) is 11.8 Å². The third-order valence-corrected chi connectivity index (χ3v) is 9.37. The van der Waals surface area contributed by atoms with Gasteiger partial charge < -0.3 is 10.6 Å². The van der Waals surface area contributed by atoms with Crippen LogP contribution >= 0.6 is 0 Å². The molecule has 2 atom stereocenters. The average molecular weight is 486 g/mol. The van der Waals surface area contributed by atoms with Crippen molar-refractivity contribution in [2.45, 2.75) is 56.0 Å². The molecule has 1 heterocycles. The van der Waals surface area contributed by atoms with Gasteiger partial charge in [0.15, 0.2) is 9.84 Å². The van der Waals surface area contributed by atoms with Crippen molar-refractivity contribution in [2.75, 3.05) is 18.1 Å². The molecule has 1 aliphatic carbocycles. The first-order chi connectivity index (χ1) is 15.1. The van der Waals surface area contributed by atoms with Crippen LogP contribution < -0.4 is 15.4 Å². The van der Waals surface area contributed by atoms with Gasteiger partial charge in [-0.2, -0.15) is 0 Å². The highest BCUT2D eigenvalue weighted by atomic mass is 32.2. The second kappa shape index (κ2) is 10.3. The molecule has 32 heavy (non-hydrogen) atoms. The first-order valence-corrected chi connectivity index (χ1v) is 14.2. The molecular weight excluding hydrogens is 454 g/mol. The van der Waals surface area contributed by atoms with E-state index in [-0.39, 0.29) is 40.1 Å². The van der Waals surface area contributed by atoms with E-state index < -0.39 is 31.9 Å². The third-order valence-electron chi connectivity index (χ3n) is 6.16. The lowest BCUT2D eigenvalue weighted by Crippen LogP contribution is -2.50. The first kappa shape index (κ1) is 24.7. The summed E-state index contributed by atoms with van der Waals surface area (Å²) in [4.78, 5) is 25.1. The van der Waals surface area contributed by atoms with E-state index in [0.717, 1.165) is 12.8 Å². The standard InChI is InChI=1S/C21H31N3O6S2/c1-15(20(25)24-18-11-12-31(27,28)14-18)23-21(26)17-9-7-16(8-10-17)13-22-32(29,30)19-5-3-2-4-6-19/h2-6,15-18,22H,7-14H2,1H3,(H,23,26)(H,24,25)/t15-,16?,17?,18+/m0/s1. The van der Waals surface area contributed by atoms with E-state index in [1.165, 1.54) is 0 Å². The molecule has 0 bridgehead atoms. The Kier molecular flexibility index (Phi) is 7.94. The topological polar surface area (TPSA) is 139 Å². The molecule has 1 aliphatic heterocycles. The fourth-order valence-electron chi connectivity index (χ4n) is 4.17. The van der Waals surface area contributed by atoms with Crippen LogP contribution in [0.5, 0.6) is 0 Å². The normalized spacial score (nSPS) is 26.2. The van der Waals surface area contributed by atoms with Gasteiger partial charge in [0.1, 0.15) is 6.04 Å². The van der Waals surface area contributed by atoms with E-state index in [1.807, 2.05) is 0 Å². The van der Waals surface area contributed by atoms with Crippen LogP contribution in [0.1, 0.15) is 39.0 Å². The van der Waals surface area contributed by atoms with Gasteiger partial charge in [-0.05, 0) is 57.1 Å². The maximum Gasteiger partial charge on any atom is 0.242 e. The second-order valence-electron chi connectivity index (χ2n) is 8.72. The largest absolute Gasteiger partial charge is 0.351 e. The second-order valence-corrected chi connectivity index (χ2v) is 12.7. The lowest BCUT2D eigenvalue weighted by Gasteiger charge is -2.28. The molecule has 2 aliphatic rings. The van der Waals surface area contributed by atoms with Crippen molar-refractivity contribution in [3.63, 3.8) is 0 Å². The Bertz CT molecular complexity index is 1020. The van der Waals surface area contributed by atoms with Gasteiger partial charge in [-0.3, -0.25) is 9.59 Å². The summed E-state index contributed by atoms with van der Waals surface area (Å²) in [5, 5.41) is 5.42. The molecule has 0 radical (unpaired) electrons. The molecule has 0 aromatic heterocycles. The van der Waals surface area contributed by atoms with Crippen molar-refractivity contribution < 1.29 is 26.4 Å². The summed E-state index contributed by atoms with van der Waals surface area (Å²) in [6, 6.07) is 7.06. The Morgan fingerprint density at radius 2 is 1.72 bits per heavy atom. The summed E-state index contributed by atoms with van der Waals surface area (Å²) in [5.41, 5.74) is 0. The third kappa shape index (κ3) is 6.76. The minimum atomic E-state index is -3.54. The van der Waals surface area contributed by atoms with Gasteiger partial charge in [0.25, 0.3) is 0 Å². The molecule has 1 aromatic carbocycles. The van der Waals surface area contributed by atoms with E-state index in [1.54, 1.807) is 37.3 Å². The fraction of sp³-hybridized carbons (Fsp3) is 0.619. The van der Waals surface area contributed by atoms with E-state index in [4.69, 9.17) is 0 Å². The zero-order chi connectivity index (χ0) is 23.4. The van der Waals surface area contributed by atoms with Gasteiger partial charge in [0, 0.05) is 18.5 Å². The van der Waals surface area contributed by atoms with Crippen molar-refractivity contribution in [2.24, 2.45) is 11.8 Å². The Morgan fingerprint density at radius 3 is 2.31 bits per heavy atom. The van der Waals surface area contributed by atoms with Gasteiger partial charge in [-0.15, -0.1) is 0 Å². The molecule has 2 amide bonds. The van der Waals surface area contributed by atoms with Gasteiger partial charge in [0.05, 0.1) is 16.4 Å². The first-order valence-electron chi connectivity index (χ1n) is 10.9. The molecule has 178 valence electrons. The number of carbonyl (C=O) groups is 2. The van der Waals surface area contributed by atoms with Gasteiger partial charge >= 0.3 is 0 Å². The lowest BCUT2D eigenvalue weighted by atomic mass is 9.81. The molecular formula is C21H31N3O6S2. The van der Waals surface area contributed by atoms with E-state index >= 15 is 0 Å². The van der Waals surface area contributed by atoms with Crippen molar-refractivity contribution in [1.29, 1.82) is 0 Å². The number of sulfonamides is 1. The predicted molar refractivity (Wildman–Crippen MR) is 120 cm³/mol. The summed E-state index contributed by atoms with van der Waals surface area (Å²) in [7, 11) is -6.63. The smallest absolute Gasteiger partial charge is 0.242 e. The number of benzene rings is 1. The Morgan fingerprint density at radius 1 is 1.06 bits per heavy atom. The van der Waals surface area contributed by atoms with Gasteiger partial charge in [0.2, 0.25) is 21.8 Å². The highest BCUT2D eigenvalue weighted by molar-refractivity contribution is 7.91. The predicted octanol–water partition coefficient (Wildman–Crippen LogP) is 0.579. The molecule has 2 fully saturated rings. The highest BCUT2D eigenvalue weighted by Crippen LogP contribution is 2.29. The van der Waals surface area contributed by atoms with E-state index in [9.17, 15) is 26.4 Å². The Hall–Kier alpha value is -1.98. The highest BCUT2D eigenvalue weighted by Gasteiger charge is 2.32. The maximum atomic E-state index is 12.6. The van der Waals surface area contributed by atoms with Crippen LogP contribution in [0.15, 0.2) is 35.2 Å². The van der Waals surface area contributed by atoms with Crippen molar-refractivity contribution in [3.05, 3.63) is 30.3 Å². The summed E-state index contributed by atoms with van der Waals surface area (Å²) >= 11 is 0. The summed E-state index contributed by atoms with van der Waals surface area (Å²) in [5.74, 6) is -0.637. The number of rotatable bonds is 8. The van der Waals surface area contributed by atoms with Crippen LogP contribution in [-0.4, -0.2) is 58.8 Å².